The van der Waals surface area contributed by atoms with Gasteiger partial charge in [-0.3, -0.25) is 24.1 Å². The molecule has 31 heavy (non-hydrogen) atoms. The third kappa shape index (κ3) is 3.02. The van der Waals surface area contributed by atoms with Gasteiger partial charge in [-0.25, -0.2) is 0 Å². The summed E-state index contributed by atoms with van der Waals surface area (Å²) in [4.78, 5) is 51.5. The van der Waals surface area contributed by atoms with Crippen LogP contribution in [0.3, 0.4) is 0 Å². The van der Waals surface area contributed by atoms with Crippen molar-refractivity contribution in [3.8, 4) is 0 Å². The second-order valence-corrected chi connectivity index (χ2v) is 8.62. The van der Waals surface area contributed by atoms with Gasteiger partial charge in [-0.1, -0.05) is 23.8 Å². The third-order valence-corrected chi connectivity index (χ3v) is 6.80. The average molecular weight is 414 g/mol. The van der Waals surface area contributed by atoms with E-state index >= 15 is 0 Å². The summed E-state index contributed by atoms with van der Waals surface area (Å²) in [5, 5.41) is 2.77. The zero-order chi connectivity index (χ0) is 21.9. The Balaban J connectivity index is 1.33. The number of anilines is 2. The van der Waals surface area contributed by atoms with Crippen molar-refractivity contribution in [2.24, 2.45) is 23.7 Å². The van der Waals surface area contributed by atoms with Crippen molar-refractivity contribution in [3.63, 3.8) is 0 Å². The largest absolute Gasteiger partial charge is 0.322 e. The van der Waals surface area contributed by atoms with Gasteiger partial charge < -0.3 is 5.32 Å². The van der Waals surface area contributed by atoms with Crippen LogP contribution in [0.5, 0.6) is 0 Å². The van der Waals surface area contributed by atoms with Gasteiger partial charge >= 0.3 is 0 Å². The van der Waals surface area contributed by atoms with Crippen molar-refractivity contribution < 1.29 is 19.2 Å². The molecule has 1 saturated heterocycles. The number of nitrogens with one attached hydrogen (secondary N) is 1. The molecule has 1 saturated carbocycles. The molecule has 2 aromatic carbocycles. The first-order valence-corrected chi connectivity index (χ1v) is 10.4. The molecule has 5 rings (SSSR count). The highest BCUT2D eigenvalue weighted by Gasteiger charge is 2.60. The second-order valence-electron chi connectivity index (χ2n) is 8.62. The van der Waals surface area contributed by atoms with Gasteiger partial charge in [0, 0.05) is 16.8 Å². The Bertz CT molecular complexity index is 1160. The highest BCUT2D eigenvalue weighted by Crippen LogP contribution is 2.55. The zero-order valence-corrected chi connectivity index (χ0v) is 17.3. The standard InChI is InChI=1S/C25H22N2O4/c1-13-10-17-12-20(13)22-21(17)24(30)27(25(22)31)19-8-6-15(7-9-19)23(29)26-18-5-3-4-16(11-18)14(2)28/h3-11,17,20-22H,12H2,1-2H3,(H,26,29)/t17-,20+,21+,22+/m0/s1. The molecular formula is C25H22N2O4. The molecule has 1 aliphatic heterocycles. The molecule has 6 nitrogen and oxygen atoms in total. The Kier molecular flexibility index (Phi) is 4.39. The van der Waals surface area contributed by atoms with E-state index in [0.29, 0.717) is 22.5 Å². The molecule has 156 valence electrons. The lowest BCUT2D eigenvalue weighted by molar-refractivity contribution is -0.123. The molecule has 2 aliphatic carbocycles. The van der Waals surface area contributed by atoms with Crippen LogP contribution < -0.4 is 10.2 Å². The van der Waals surface area contributed by atoms with Crippen LogP contribution in [0, 0.1) is 23.7 Å². The summed E-state index contributed by atoms with van der Waals surface area (Å²) >= 11 is 0. The van der Waals surface area contributed by atoms with E-state index in [9.17, 15) is 19.2 Å². The summed E-state index contributed by atoms with van der Waals surface area (Å²) in [5.41, 5.74) is 3.15. The van der Waals surface area contributed by atoms with Gasteiger partial charge in [-0.2, -0.15) is 0 Å². The van der Waals surface area contributed by atoms with Crippen LogP contribution in [0.25, 0.3) is 0 Å². The van der Waals surface area contributed by atoms with E-state index in [1.165, 1.54) is 17.4 Å². The molecule has 2 fully saturated rings. The van der Waals surface area contributed by atoms with Gasteiger partial charge in [0.2, 0.25) is 11.8 Å². The normalized spacial score (nSPS) is 26.1. The molecule has 3 amide bonds. The molecule has 1 N–H and O–H groups in total. The zero-order valence-electron chi connectivity index (χ0n) is 17.3. The highest BCUT2D eigenvalue weighted by molar-refractivity contribution is 6.23. The highest BCUT2D eigenvalue weighted by atomic mass is 16.2. The summed E-state index contributed by atoms with van der Waals surface area (Å²) in [6.07, 6.45) is 3.05. The lowest BCUT2D eigenvalue weighted by Gasteiger charge is -2.19. The average Bonchev–Trinajstić information content (AvgIpc) is 3.38. The lowest BCUT2D eigenvalue weighted by atomic mass is 9.82. The minimum absolute atomic E-state index is 0.0796. The van der Waals surface area contributed by atoms with Gasteiger partial charge in [0.05, 0.1) is 17.5 Å². The van der Waals surface area contributed by atoms with Crippen molar-refractivity contribution in [2.75, 3.05) is 10.2 Å². The van der Waals surface area contributed by atoms with E-state index in [1.807, 2.05) is 6.92 Å². The summed E-state index contributed by atoms with van der Waals surface area (Å²) in [6, 6.07) is 13.2. The first kappa shape index (κ1) is 19.4. The topological polar surface area (TPSA) is 83.6 Å². The van der Waals surface area contributed by atoms with Crippen LogP contribution >= 0.6 is 0 Å². The number of carbonyl (C=O) groups excluding carboxylic acids is 4. The number of carbonyl (C=O) groups is 4. The van der Waals surface area contributed by atoms with E-state index in [0.717, 1.165) is 6.42 Å². The molecule has 0 spiro atoms. The summed E-state index contributed by atoms with van der Waals surface area (Å²) in [6.45, 7) is 3.51. The smallest absolute Gasteiger partial charge is 0.255 e. The molecular weight excluding hydrogens is 392 g/mol. The van der Waals surface area contributed by atoms with Crippen LogP contribution in [-0.4, -0.2) is 23.5 Å². The molecule has 1 heterocycles. The number of hydrogen-bond donors (Lipinski definition) is 1. The van der Waals surface area contributed by atoms with Gasteiger partial charge in [0.1, 0.15) is 0 Å². The summed E-state index contributed by atoms with van der Waals surface area (Å²) in [7, 11) is 0. The van der Waals surface area contributed by atoms with Gasteiger partial charge in [-0.05, 0) is 68.5 Å². The number of Topliss-reactive ketones (excluding diaryl/α,β-unsaturated/α-hetero) is 1. The molecule has 6 heteroatoms. The van der Waals surface area contributed by atoms with Crippen molar-refractivity contribution in [3.05, 3.63) is 71.3 Å². The Morgan fingerprint density at radius 1 is 0.968 bits per heavy atom. The van der Waals surface area contributed by atoms with Crippen LogP contribution in [0.2, 0.25) is 0 Å². The van der Waals surface area contributed by atoms with Crippen LogP contribution in [0.1, 0.15) is 41.0 Å². The molecule has 3 aliphatic rings. The number of fused-ring (bicyclic) bond motifs is 5. The predicted molar refractivity (Wildman–Crippen MR) is 116 cm³/mol. The number of benzene rings is 2. The number of rotatable bonds is 4. The predicted octanol–water partition coefficient (Wildman–Crippen LogP) is 3.84. The molecule has 0 unspecified atom stereocenters. The monoisotopic (exact) mass is 414 g/mol. The van der Waals surface area contributed by atoms with Gasteiger partial charge in [0.15, 0.2) is 5.78 Å². The summed E-state index contributed by atoms with van der Waals surface area (Å²) < 4.78 is 0. The quantitative estimate of drug-likeness (QED) is 0.468. The molecule has 2 aromatic rings. The molecule has 4 atom stereocenters. The number of ketones is 1. The Morgan fingerprint density at radius 3 is 2.39 bits per heavy atom. The minimum atomic E-state index is -0.332. The first-order chi connectivity index (χ1) is 14.8. The maximum Gasteiger partial charge on any atom is 0.255 e. The van der Waals surface area contributed by atoms with Crippen molar-refractivity contribution in [1.82, 2.24) is 0 Å². The fourth-order valence-corrected chi connectivity index (χ4v) is 5.31. The van der Waals surface area contributed by atoms with E-state index in [4.69, 9.17) is 0 Å². The van der Waals surface area contributed by atoms with Crippen molar-refractivity contribution in [2.45, 2.75) is 20.3 Å². The molecule has 2 bridgehead atoms. The third-order valence-electron chi connectivity index (χ3n) is 6.80. The lowest BCUT2D eigenvalue weighted by Crippen LogP contribution is -2.33. The van der Waals surface area contributed by atoms with E-state index in [2.05, 4.69) is 11.4 Å². The van der Waals surface area contributed by atoms with Crippen molar-refractivity contribution in [1.29, 1.82) is 0 Å². The SMILES string of the molecule is CC(=O)c1cccc(NC(=O)c2ccc(N3C(=O)[C@H]4[C@H](C3=O)[C@H]3C=C(C)[C@H]4C3)cc2)c1. The maximum atomic E-state index is 13.1. The maximum absolute atomic E-state index is 13.1. The Labute approximate surface area is 179 Å². The molecule has 0 aromatic heterocycles. The first-order valence-electron chi connectivity index (χ1n) is 10.4. The van der Waals surface area contributed by atoms with Gasteiger partial charge in [-0.15, -0.1) is 0 Å². The van der Waals surface area contributed by atoms with Crippen molar-refractivity contribution >= 4 is 34.9 Å². The van der Waals surface area contributed by atoms with Crippen LogP contribution in [-0.2, 0) is 9.59 Å². The summed E-state index contributed by atoms with van der Waals surface area (Å²) in [5.74, 6) is -0.848. The number of imide groups is 1. The second kappa shape index (κ2) is 7.01. The number of hydrogen-bond acceptors (Lipinski definition) is 4. The van der Waals surface area contributed by atoms with Crippen LogP contribution in [0.4, 0.5) is 11.4 Å². The minimum Gasteiger partial charge on any atom is -0.322 e. The number of allylic oxidation sites excluding steroid dienone is 2. The fraction of sp³-hybridized carbons (Fsp3) is 0.280. The van der Waals surface area contributed by atoms with E-state index in [1.54, 1.807) is 48.5 Å². The molecule has 0 radical (unpaired) electrons. The van der Waals surface area contributed by atoms with E-state index < -0.39 is 0 Å². The Morgan fingerprint density at radius 2 is 1.68 bits per heavy atom. The number of nitrogens with zero attached hydrogens (tertiary/aromatic N) is 1. The van der Waals surface area contributed by atoms with Gasteiger partial charge in [0.25, 0.3) is 5.91 Å². The van der Waals surface area contributed by atoms with Crippen LogP contribution in [0.15, 0.2) is 60.2 Å². The fourth-order valence-electron chi connectivity index (χ4n) is 5.31. The number of amides is 3. The van der Waals surface area contributed by atoms with E-state index in [-0.39, 0.29) is 47.2 Å². The Hall–Kier alpha value is -3.54.